The second kappa shape index (κ2) is 3.80. The first-order valence-electron chi connectivity index (χ1n) is 4.30. The van der Waals surface area contributed by atoms with Gasteiger partial charge in [-0.25, -0.2) is 0 Å². The van der Waals surface area contributed by atoms with E-state index in [1.54, 1.807) is 11.3 Å². The summed E-state index contributed by atoms with van der Waals surface area (Å²) in [5.74, 6) is 0.269. The minimum atomic E-state index is 0.0880. The summed E-state index contributed by atoms with van der Waals surface area (Å²) in [6.07, 6.45) is 2.07. The fourth-order valence-electron chi connectivity index (χ4n) is 1.56. The molecule has 4 heteroatoms. The predicted octanol–water partition coefficient (Wildman–Crippen LogP) is 2.50. The Bertz CT molecular complexity index is 323. The Morgan fingerprint density at radius 2 is 2.38 bits per heavy atom. The van der Waals surface area contributed by atoms with Crippen LogP contribution in [0.15, 0.2) is 15.9 Å². The van der Waals surface area contributed by atoms with E-state index in [0.717, 1.165) is 23.2 Å². The third kappa shape index (κ3) is 1.94. The lowest BCUT2D eigenvalue weighted by molar-refractivity contribution is -0.123. The van der Waals surface area contributed by atoms with E-state index in [2.05, 4.69) is 21.2 Å². The summed E-state index contributed by atoms with van der Waals surface area (Å²) in [5, 5.41) is 2.89. The maximum absolute atomic E-state index is 11.5. The summed E-state index contributed by atoms with van der Waals surface area (Å²) in [5.41, 5.74) is 0. The highest BCUT2D eigenvalue weighted by molar-refractivity contribution is 9.11. The van der Waals surface area contributed by atoms with Gasteiger partial charge in [0.05, 0.1) is 9.70 Å². The quantitative estimate of drug-likeness (QED) is 0.825. The van der Waals surface area contributed by atoms with Crippen LogP contribution >= 0.6 is 27.3 Å². The van der Waals surface area contributed by atoms with Gasteiger partial charge in [0.1, 0.15) is 0 Å². The van der Waals surface area contributed by atoms with Crippen molar-refractivity contribution in [3.8, 4) is 0 Å². The minimum absolute atomic E-state index is 0.0880. The van der Waals surface area contributed by atoms with Gasteiger partial charge in [-0.15, -0.1) is 11.3 Å². The van der Waals surface area contributed by atoms with E-state index >= 15 is 0 Å². The molecule has 0 saturated carbocycles. The normalized spacial score (nSPS) is 22.8. The van der Waals surface area contributed by atoms with Crippen molar-refractivity contribution in [1.29, 1.82) is 0 Å². The summed E-state index contributed by atoms with van der Waals surface area (Å²) in [6.45, 7) is 0.835. The van der Waals surface area contributed by atoms with Crippen LogP contribution < -0.4 is 5.32 Å². The van der Waals surface area contributed by atoms with Gasteiger partial charge in [0.15, 0.2) is 0 Å². The first-order chi connectivity index (χ1) is 6.27. The number of amides is 1. The average molecular weight is 260 g/mol. The summed E-state index contributed by atoms with van der Waals surface area (Å²) in [7, 11) is 0. The number of rotatable bonds is 1. The van der Waals surface area contributed by atoms with Crippen LogP contribution in [0.5, 0.6) is 0 Å². The molecule has 2 heterocycles. The molecule has 0 aliphatic carbocycles. The van der Waals surface area contributed by atoms with E-state index < -0.39 is 0 Å². The lowest BCUT2D eigenvalue weighted by Crippen LogP contribution is -2.34. The van der Waals surface area contributed by atoms with Crippen molar-refractivity contribution in [2.45, 2.75) is 18.8 Å². The second-order valence-corrected chi connectivity index (χ2v) is 5.62. The molecule has 2 nitrogen and oxygen atoms in total. The molecule has 2 rings (SSSR count). The molecular weight excluding hydrogens is 250 g/mol. The van der Waals surface area contributed by atoms with E-state index in [4.69, 9.17) is 0 Å². The number of hydrogen-bond donors (Lipinski definition) is 1. The number of thiophene rings is 1. The van der Waals surface area contributed by atoms with E-state index in [9.17, 15) is 4.79 Å². The number of piperidine rings is 1. The molecule has 0 radical (unpaired) electrons. The molecule has 1 unspecified atom stereocenters. The smallest absolute Gasteiger partial charge is 0.228 e. The number of nitrogens with one attached hydrogen (secondary N) is 1. The largest absolute Gasteiger partial charge is 0.356 e. The molecule has 1 aliphatic heterocycles. The summed E-state index contributed by atoms with van der Waals surface area (Å²) in [6, 6.07) is 4.03. The van der Waals surface area contributed by atoms with Gasteiger partial charge in [-0.3, -0.25) is 4.79 Å². The second-order valence-electron chi connectivity index (χ2n) is 3.13. The van der Waals surface area contributed by atoms with E-state index in [1.165, 1.54) is 4.88 Å². The van der Waals surface area contributed by atoms with Crippen molar-refractivity contribution in [1.82, 2.24) is 5.32 Å². The van der Waals surface area contributed by atoms with Gasteiger partial charge in [-0.05, 0) is 40.9 Å². The van der Waals surface area contributed by atoms with E-state index in [0.29, 0.717) is 0 Å². The maximum Gasteiger partial charge on any atom is 0.228 e. The molecule has 1 amide bonds. The van der Waals surface area contributed by atoms with Crippen molar-refractivity contribution in [3.63, 3.8) is 0 Å². The monoisotopic (exact) mass is 259 g/mol. The molecule has 1 fully saturated rings. The van der Waals surface area contributed by atoms with Crippen LogP contribution in [0.2, 0.25) is 0 Å². The number of carbonyl (C=O) groups is 1. The molecule has 0 aromatic carbocycles. The molecule has 0 bridgehead atoms. The molecular formula is C9H10BrNOS. The van der Waals surface area contributed by atoms with Gasteiger partial charge in [-0.2, -0.15) is 0 Å². The zero-order chi connectivity index (χ0) is 9.26. The van der Waals surface area contributed by atoms with Crippen molar-refractivity contribution in [2.24, 2.45) is 0 Å². The van der Waals surface area contributed by atoms with Gasteiger partial charge in [0, 0.05) is 11.4 Å². The number of hydrogen-bond acceptors (Lipinski definition) is 2. The first-order valence-corrected chi connectivity index (χ1v) is 5.91. The summed E-state index contributed by atoms with van der Waals surface area (Å²) in [4.78, 5) is 12.7. The Morgan fingerprint density at radius 1 is 1.54 bits per heavy atom. The summed E-state index contributed by atoms with van der Waals surface area (Å²) >= 11 is 5.06. The molecule has 13 heavy (non-hydrogen) atoms. The van der Waals surface area contributed by atoms with Crippen molar-refractivity contribution >= 4 is 33.2 Å². The minimum Gasteiger partial charge on any atom is -0.356 e. The number of carbonyl (C=O) groups excluding carboxylic acids is 1. The molecule has 1 aromatic rings. The lowest BCUT2D eigenvalue weighted by atomic mass is 9.97. The van der Waals surface area contributed by atoms with Crippen LogP contribution in [0.4, 0.5) is 0 Å². The van der Waals surface area contributed by atoms with Crippen LogP contribution in [0.1, 0.15) is 23.6 Å². The van der Waals surface area contributed by atoms with Gasteiger partial charge < -0.3 is 5.32 Å². The topological polar surface area (TPSA) is 29.1 Å². The van der Waals surface area contributed by atoms with Gasteiger partial charge in [0.25, 0.3) is 0 Å². The molecule has 70 valence electrons. The maximum atomic E-state index is 11.5. The first kappa shape index (κ1) is 9.21. The van der Waals surface area contributed by atoms with Crippen molar-refractivity contribution in [2.75, 3.05) is 6.54 Å². The standard InChI is InChI=1S/C9H10BrNOS/c10-8-4-3-7(13-8)6-2-1-5-11-9(6)12/h3-4,6H,1-2,5H2,(H,11,12). The van der Waals surface area contributed by atoms with Gasteiger partial charge >= 0.3 is 0 Å². The molecule has 1 aromatic heterocycles. The zero-order valence-corrected chi connectivity index (χ0v) is 9.45. The van der Waals surface area contributed by atoms with Crippen molar-refractivity contribution in [3.05, 3.63) is 20.8 Å². The predicted molar refractivity (Wildman–Crippen MR) is 57.0 cm³/mol. The Labute approximate surface area is 89.5 Å². The fraction of sp³-hybridized carbons (Fsp3) is 0.444. The van der Waals surface area contributed by atoms with Crippen LogP contribution in [-0.4, -0.2) is 12.5 Å². The molecule has 1 saturated heterocycles. The third-order valence-corrected chi connectivity index (χ3v) is 3.96. The van der Waals surface area contributed by atoms with Gasteiger partial charge in [-0.1, -0.05) is 0 Å². The molecule has 1 atom stereocenters. The highest BCUT2D eigenvalue weighted by Crippen LogP contribution is 2.32. The van der Waals surface area contributed by atoms with E-state index in [1.807, 2.05) is 12.1 Å². The van der Waals surface area contributed by atoms with Crippen LogP contribution in [0.3, 0.4) is 0 Å². The van der Waals surface area contributed by atoms with Gasteiger partial charge in [0.2, 0.25) is 5.91 Å². The third-order valence-electron chi connectivity index (χ3n) is 2.22. The highest BCUT2D eigenvalue weighted by atomic mass is 79.9. The Morgan fingerprint density at radius 3 is 3.00 bits per heavy atom. The van der Waals surface area contributed by atoms with E-state index in [-0.39, 0.29) is 11.8 Å². The Balaban J connectivity index is 2.19. The summed E-state index contributed by atoms with van der Waals surface area (Å²) < 4.78 is 1.10. The average Bonchev–Trinajstić information content (AvgIpc) is 2.53. The van der Waals surface area contributed by atoms with Crippen LogP contribution in [0, 0.1) is 0 Å². The van der Waals surface area contributed by atoms with Crippen LogP contribution in [0.25, 0.3) is 0 Å². The molecule has 0 spiro atoms. The zero-order valence-electron chi connectivity index (χ0n) is 7.05. The number of halogens is 1. The highest BCUT2D eigenvalue weighted by Gasteiger charge is 2.24. The lowest BCUT2D eigenvalue weighted by Gasteiger charge is -2.20. The fourth-order valence-corrected chi connectivity index (χ4v) is 3.12. The Hall–Kier alpha value is -0.350. The molecule has 1 aliphatic rings. The van der Waals surface area contributed by atoms with Crippen LogP contribution in [-0.2, 0) is 4.79 Å². The molecule has 1 N–H and O–H groups in total. The van der Waals surface area contributed by atoms with Crippen molar-refractivity contribution < 1.29 is 4.79 Å². The SMILES string of the molecule is O=C1NCCCC1c1ccc(Br)s1. The Kier molecular flexibility index (Phi) is 2.69.